The number of aromatic nitrogens is 3. The standard InChI is InChI=1S/C84H114F2N6O18/c1-8-10-34-105-44-46-107-47-45-106-43-33-92-80-63-21-13-14-22-68(63)91(54-59-19-11-12-20-62(59)79(80)89-90-92)76(100)28-27-74(98)87-32-42-104-40-17-38-102-36-15-35-101-37-16-39-103-41-30-75(99)88-78(56(3)4)70(95)48-57(5)69(94)49-58-23-25-61(26-24-58)108-55-72(97)84-73(109-77(110-84)18-9-2)52-64-65-51-67(85)66-50-60(93)29-31-81(66,6)83(65,86)71(96)53-82(64,84)7/h11-14,19-26,29,31,50,56-57,64-65,67,71,73,77-78,96H,8-10,15-18,27-28,30,32-49,51-55H2,1-7H3,(H,87,98)(H,88,99)/t57-,64+,65+,67+,71+,73-,77?,78+,81+,82+,83+,84-/m1/s1. The molecule has 4 aromatic rings. The lowest BCUT2D eigenvalue weighted by atomic mass is 9.44. The molecule has 3 N–H and O–H groups in total. The van der Waals surface area contributed by atoms with Crippen molar-refractivity contribution in [1.82, 2.24) is 25.6 Å². The SMILES string of the molecule is CCCCOCCOCCOCCn1nnc2c1-c1ccccc1N(C(=O)CCC(=O)NCCOCCCOCCCOCCCOCCC(=O)N[C@H](C(=O)C[C@@H](C)C(=O)Cc1ccc(OCC(=O)[C@@]34OC(CCC)O[C@@H]3C[C@H]3[C@@H]5C[C@H](F)C6=CC(=O)C=C[C@]6(C)[C@@]5(F)[C@@H](O)C[C@@]34C)cc1)C(C)C)Cc1ccccc1-2. The van der Waals surface area contributed by atoms with Crippen LogP contribution in [0.1, 0.15) is 149 Å². The van der Waals surface area contributed by atoms with Crippen molar-refractivity contribution in [3.63, 3.8) is 0 Å². The zero-order valence-corrected chi connectivity index (χ0v) is 65.1. The summed E-state index contributed by atoms with van der Waals surface area (Å²) in [4.78, 5) is 96.2. The molecule has 6 aliphatic rings. The Morgan fingerprint density at radius 2 is 1.35 bits per heavy atom. The number of alkyl halides is 2. The molecule has 24 nitrogen and oxygen atoms in total. The molecular weight excluding hydrogens is 1420 g/mol. The number of allylic oxidation sites excluding steroid dienone is 4. The van der Waals surface area contributed by atoms with Crippen LogP contribution in [0.25, 0.3) is 22.5 Å². The minimum atomic E-state index is -2.33. The van der Waals surface area contributed by atoms with Crippen molar-refractivity contribution in [3.8, 4) is 28.3 Å². The third kappa shape index (κ3) is 20.2. The lowest BCUT2D eigenvalue weighted by molar-refractivity contribution is -0.234. The maximum Gasteiger partial charge on any atom is 0.227 e. The Morgan fingerprint density at radius 3 is 2.04 bits per heavy atom. The molecule has 1 aromatic heterocycles. The highest BCUT2D eigenvalue weighted by molar-refractivity contribution is 6.02. The number of para-hydroxylation sites is 1. The van der Waals surface area contributed by atoms with Gasteiger partial charge in [0.05, 0.1) is 89.0 Å². The van der Waals surface area contributed by atoms with Crippen molar-refractivity contribution in [3.05, 3.63) is 108 Å². The molecule has 3 amide bonds. The molecular formula is C84H114F2N6O18. The number of unbranched alkanes of at least 4 members (excludes halogenated alkanes) is 1. The molecule has 3 aromatic carbocycles. The zero-order valence-electron chi connectivity index (χ0n) is 65.1. The van der Waals surface area contributed by atoms with Crippen molar-refractivity contribution < 1.29 is 94.8 Å². The molecule has 1 unspecified atom stereocenters. The van der Waals surface area contributed by atoms with Gasteiger partial charge in [-0.1, -0.05) is 120 Å². The molecule has 10 rings (SSSR count). The highest BCUT2D eigenvalue weighted by Gasteiger charge is 2.80. The maximum atomic E-state index is 18.0. The number of anilines is 1. The number of ether oxygens (including phenoxy) is 10. The number of fused-ring (bicyclic) bond motifs is 12. The molecule has 3 saturated carbocycles. The number of carbonyl (C=O) groups is 7. The van der Waals surface area contributed by atoms with Gasteiger partial charge in [0.25, 0.3) is 0 Å². The number of Topliss-reactive ketones (excluding diaryl/α,β-unsaturated/α-hetero) is 3. The zero-order chi connectivity index (χ0) is 78.4. The number of ketones is 4. The number of amides is 3. The van der Waals surface area contributed by atoms with Gasteiger partial charge >= 0.3 is 0 Å². The number of hydrogen-bond donors (Lipinski definition) is 3. The molecule has 26 heteroatoms. The number of aliphatic hydroxyl groups excluding tert-OH is 1. The first-order valence-corrected chi connectivity index (χ1v) is 39.7. The Balaban J connectivity index is 0.545. The van der Waals surface area contributed by atoms with E-state index in [1.807, 2.05) is 80.9 Å². The molecule has 2 aliphatic heterocycles. The average Bonchev–Trinajstić information content (AvgIpc) is 1.47. The number of nitrogens with zero attached hydrogens (tertiary/aromatic N) is 4. The van der Waals surface area contributed by atoms with Crippen LogP contribution in [0.5, 0.6) is 5.75 Å². The topological polar surface area (TPSA) is 290 Å². The molecule has 602 valence electrons. The summed E-state index contributed by atoms with van der Waals surface area (Å²) in [5.74, 6) is -4.24. The molecule has 0 radical (unpaired) electrons. The van der Waals surface area contributed by atoms with Crippen LogP contribution in [0, 0.1) is 34.5 Å². The van der Waals surface area contributed by atoms with Gasteiger partial charge in [-0.15, -0.1) is 5.10 Å². The molecule has 1 saturated heterocycles. The number of hydrogen-bond acceptors (Lipinski definition) is 20. The molecule has 110 heavy (non-hydrogen) atoms. The summed E-state index contributed by atoms with van der Waals surface area (Å²) in [6.07, 6.45) is 4.10. The Morgan fingerprint density at radius 1 is 0.709 bits per heavy atom. The van der Waals surface area contributed by atoms with Gasteiger partial charge in [-0.05, 0) is 117 Å². The number of rotatable bonds is 47. The third-order valence-corrected chi connectivity index (χ3v) is 22.7. The fourth-order valence-electron chi connectivity index (χ4n) is 16.8. The summed E-state index contributed by atoms with van der Waals surface area (Å²) >= 11 is 0. The Bertz CT molecular complexity index is 3820. The smallest absolute Gasteiger partial charge is 0.227 e. The summed E-state index contributed by atoms with van der Waals surface area (Å²) in [6, 6.07) is 21.5. The Hall–Kier alpha value is -7.37. The highest BCUT2D eigenvalue weighted by Crippen LogP contribution is 2.72. The number of benzene rings is 3. The third-order valence-electron chi connectivity index (χ3n) is 22.7. The van der Waals surface area contributed by atoms with E-state index in [0.717, 1.165) is 53.6 Å². The van der Waals surface area contributed by atoms with Crippen LogP contribution in [-0.4, -0.2) is 209 Å². The van der Waals surface area contributed by atoms with E-state index < -0.39 is 88.7 Å². The highest BCUT2D eigenvalue weighted by atomic mass is 19.1. The van der Waals surface area contributed by atoms with Gasteiger partial charge in [-0.25, -0.2) is 13.5 Å². The van der Waals surface area contributed by atoms with Gasteiger partial charge in [0, 0.05) is 119 Å². The van der Waals surface area contributed by atoms with Crippen LogP contribution in [0.3, 0.4) is 0 Å². The van der Waals surface area contributed by atoms with Gasteiger partial charge < -0.3 is 68.0 Å². The van der Waals surface area contributed by atoms with Crippen LogP contribution in [-0.2, 0) is 95.7 Å². The molecule has 4 aliphatic carbocycles. The van der Waals surface area contributed by atoms with Crippen LogP contribution < -0.4 is 20.3 Å². The second-order valence-corrected chi connectivity index (χ2v) is 30.6. The van der Waals surface area contributed by atoms with Crippen LogP contribution >= 0.6 is 0 Å². The molecule has 0 spiro atoms. The molecule has 4 fully saturated rings. The quantitative estimate of drug-likeness (QED) is 0.0346. The first-order valence-electron chi connectivity index (χ1n) is 39.7. The fourth-order valence-corrected chi connectivity index (χ4v) is 16.8. The van der Waals surface area contributed by atoms with Crippen molar-refractivity contribution in [2.24, 2.45) is 34.5 Å². The van der Waals surface area contributed by atoms with E-state index >= 15 is 8.78 Å². The first-order chi connectivity index (χ1) is 53.1. The minimum absolute atomic E-state index is 0.00756. The second-order valence-electron chi connectivity index (χ2n) is 30.6. The predicted molar refractivity (Wildman–Crippen MR) is 406 cm³/mol. The predicted octanol–water partition coefficient (Wildman–Crippen LogP) is 10.5. The number of aliphatic hydroxyl groups is 1. The second kappa shape index (κ2) is 40.4. The maximum absolute atomic E-state index is 18.0. The fraction of sp³-hybridized carbons (Fsp3) is 0.631. The number of halogens is 2. The Kier molecular flexibility index (Phi) is 31.2. The minimum Gasteiger partial charge on any atom is -0.486 e. The van der Waals surface area contributed by atoms with Gasteiger partial charge in [0.15, 0.2) is 29.1 Å². The van der Waals surface area contributed by atoms with Gasteiger partial charge in [0.1, 0.15) is 30.0 Å². The van der Waals surface area contributed by atoms with Crippen LogP contribution in [0.15, 0.2) is 96.6 Å². The molecule has 0 bridgehead atoms. The van der Waals surface area contributed by atoms with Crippen molar-refractivity contribution in [2.45, 2.75) is 200 Å². The van der Waals surface area contributed by atoms with Crippen molar-refractivity contribution >= 4 is 46.5 Å². The van der Waals surface area contributed by atoms with E-state index in [-0.39, 0.29) is 98.8 Å². The summed E-state index contributed by atoms with van der Waals surface area (Å²) in [7, 11) is 0. The monoisotopic (exact) mass is 1530 g/mol. The Labute approximate surface area is 645 Å². The number of nitrogens with one attached hydrogen (secondary N) is 2. The lowest BCUT2D eigenvalue weighted by Crippen LogP contribution is -2.71. The van der Waals surface area contributed by atoms with Gasteiger partial charge in [-0.2, -0.15) is 0 Å². The van der Waals surface area contributed by atoms with Gasteiger partial charge in [-0.3, -0.25) is 33.6 Å². The summed E-state index contributed by atoms with van der Waals surface area (Å²) < 4.78 is 95.2. The first kappa shape index (κ1) is 85.1. The van der Waals surface area contributed by atoms with E-state index in [2.05, 4.69) is 27.9 Å². The van der Waals surface area contributed by atoms with Crippen molar-refractivity contribution in [1.29, 1.82) is 0 Å². The summed E-state index contributed by atoms with van der Waals surface area (Å²) in [5, 5.41) is 26.9. The van der Waals surface area contributed by atoms with Crippen molar-refractivity contribution in [2.75, 3.05) is 111 Å². The van der Waals surface area contributed by atoms with Crippen LogP contribution in [0.2, 0.25) is 0 Å². The largest absolute Gasteiger partial charge is 0.486 e. The normalized spacial score (nSPS) is 24.8. The summed E-state index contributed by atoms with van der Waals surface area (Å²) in [6.45, 7) is 19.8. The number of carbonyl (C=O) groups excluding carboxylic acids is 7. The van der Waals surface area contributed by atoms with E-state index in [0.29, 0.717) is 148 Å². The van der Waals surface area contributed by atoms with Gasteiger partial charge in [0.2, 0.25) is 23.5 Å². The van der Waals surface area contributed by atoms with E-state index in [1.54, 1.807) is 43.0 Å². The van der Waals surface area contributed by atoms with E-state index in [4.69, 9.17) is 47.4 Å². The average molecular weight is 1530 g/mol. The molecule has 12 atom stereocenters. The van der Waals surface area contributed by atoms with E-state index in [9.17, 15) is 38.7 Å². The lowest BCUT2D eigenvalue weighted by Gasteiger charge is -2.63. The summed E-state index contributed by atoms with van der Waals surface area (Å²) in [5.41, 5.74) is -1.23. The van der Waals surface area contributed by atoms with E-state index in [1.165, 1.54) is 12.2 Å². The van der Waals surface area contributed by atoms with Crippen LogP contribution in [0.4, 0.5) is 14.5 Å². The molecule has 3 heterocycles.